The summed E-state index contributed by atoms with van der Waals surface area (Å²) < 4.78 is 1.07. The van der Waals surface area contributed by atoms with Gasteiger partial charge in [0.05, 0.1) is 5.60 Å². The van der Waals surface area contributed by atoms with Crippen LogP contribution in [-0.4, -0.2) is 5.11 Å². The summed E-state index contributed by atoms with van der Waals surface area (Å²) in [7, 11) is 0. The third kappa shape index (κ3) is 2.92. The quantitative estimate of drug-likeness (QED) is 0.650. The van der Waals surface area contributed by atoms with Crippen molar-refractivity contribution in [1.82, 2.24) is 0 Å². The molecule has 0 radical (unpaired) electrons. The van der Waals surface area contributed by atoms with Gasteiger partial charge in [0.25, 0.3) is 0 Å². The van der Waals surface area contributed by atoms with E-state index in [4.69, 9.17) is 0 Å². The molecule has 0 saturated carbocycles. The summed E-state index contributed by atoms with van der Waals surface area (Å²) >= 11 is 2.24. The Hall–Kier alpha value is -0.610. The molecular weight excluding hydrogens is 299 g/mol. The molecule has 1 nitrogen and oxygen atoms in total. The fourth-order valence-corrected chi connectivity index (χ4v) is 2.51. The number of hydrogen-bond donors (Lipinski definition) is 1. The van der Waals surface area contributed by atoms with E-state index in [0.717, 1.165) is 9.13 Å². The van der Waals surface area contributed by atoms with E-state index in [-0.39, 0.29) is 0 Å². The van der Waals surface area contributed by atoms with Crippen molar-refractivity contribution in [2.45, 2.75) is 18.4 Å². The summed E-state index contributed by atoms with van der Waals surface area (Å²) in [5.41, 5.74) is 0.0896. The molecule has 0 aromatic heterocycles. The molecule has 0 atom stereocenters. The number of aliphatic hydroxyl groups is 1. The van der Waals surface area contributed by atoms with Crippen LogP contribution in [0.4, 0.5) is 0 Å². The molecule has 1 aromatic rings. The molecule has 2 heteroatoms. The van der Waals surface area contributed by atoms with Crippen molar-refractivity contribution in [3.05, 3.63) is 58.7 Å². The van der Waals surface area contributed by atoms with Crippen molar-refractivity contribution in [1.29, 1.82) is 0 Å². The molecular formula is C13H15IO. The van der Waals surface area contributed by atoms with Crippen LogP contribution in [0.3, 0.4) is 0 Å². The number of benzene rings is 1. The topological polar surface area (TPSA) is 20.2 Å². The van der Waals surface area contributed by atoms with Crippen LogP contribution in [0.5, 0.6) is 0 Å². The highest BCUT2D eigenvalue weighted by molar-refractivity contribution is 14.1. The van der Waals surface area contributed by atoms with Crippen molar-refractivity contribution in [3.8, 4) is 0 Å². The molecule has 0 amide bonds. The molecule has 0 aliphatic rings. The second-order valence-electron chi connectivity index (χ2n) is 3.50. The Bertz CT molecular complexity index is 347. The van der Waals surface area contributed by atoms with Gasteiger partial charge < -0.3 is 5.11 Å². The third-order valence-electron chi connectivity index (χ3n) is 2.34. The number of halogens is 1. The van der Waals surface area contributed by atoms with Gasteiger partial charge in [0, 0.05) is 3.57 Å². The Labute approximate surface area is 105 Å². The second kappa shape index (κ2) is 5.47. The van der Waals surface area contributed by atoms with Crippen LogP contribution in [0.15, 0.2) is 49.6 Å². The Kier molecular flexibility index (Phi) is 4.54. The monoisotopic (exact) mass is 314 g/mol. The molecule has 0 fully saturated rings. The largest absolute Gasteiger partial charge is 0.384 e. The van der Waals surface area contributed by atoms with Crippen molar-refractivity contribution < 1.29 is 5.11 Å². The predicted molar refractivity (Wildman–Crippen MR) is 72.7 cm³/mol. The minimum absolute atomic E-state index is 0.541. The van der Waals surface area contributed by atoms with Crippen molar-refractivity contribution in [2.75, 3.05) is 0 Å². The fraction of sp³-hybridized carbons (Fsp3) is 0.231. The van der Waals surface area contributed by atoms with E-state index in [9.17, 15) is 5.11 Å². The summed E-state index contributed by atoms with van der Waals surface area (Å²) in [5.74, 6) is 0. The third-order valence-corrected chi connectivity index (χ3v) is 3.28. The standard InChI is InChI=1S/C13H15IO/c1-3-9-13(15,10-4-2)11-7-5-6-8-12(11)14/h3-8,15H,1-2,9-10H2. The fourth-order valence-electron chi connectivity index (χ4n) is 1.62. The van der Waals surface area contributed by atoms with E-state index in [2.05, 4.69) is 35.7 Å². The summed E-state index contributed by atoms with van der Waals surface area (Å²) in [6.07, 6.45) is 4.57. The molecule has 80 valence electrons. The minimum Gasteiger partial charge on any atom is -0.384 e. The maximum Gasteiger partial charge on any atom is 0.0975 e. The van der Waals surface area contributed by atoms with Crippen molar-refractivity contribution >= 4 is 22.6 Å². The van der Waals surface area contributed by atoms with E-state index >= 15 is 0 Å². The zero-order valence-electron chi connectivity index (χ0n) is 8.62. The highest BCUT2D eigenvalue weighted by Gasteiger charge is 2.27. The average molecular weight is 314 g/mol. The van der Waals surface area contributed by atoms with Crippen LogP contribution < -0.4 is 0 Å². The first-order chi connectivity index (χ1) is 7.14. The summed E-state index contributed by atoms with van der Waals surface area (Å²) in [6, 6.07) is 7.85. The lowest BCUT2D eigenvalue weighted by atomic mass is 9.87. The first-order valence-electron chi connectivity index (χ1n) is 4.83. The smallest absolute Gasteiger partial charge is 0.0975 e. The molecule has 0 aliphatic heterocycles. The molecule has 0 bridgehead atoms. The first-order valence-corrected chi connectivity index (χ1v) is 5.91. The van der Waals surface area contributed by atoms with Crippen LogP contribution in [-0.2, 0) is 5.60 Å². The summed E-state index contributed by atoms with van der Waals surface area (Å²) in [5, 5.41) is 10.5. The lowest BCUT2D eigenvalue weighted by Gasteiger charge is -2.27. The van der Waals surface area contributed by atoms with Crippen LogP contribution >= 0.6 is 22.6 Å². The lowest BCUT2D eigenvalue weighted by molar-refractivity contribution is 0.0421. The molecule has 0 heterocycles. The number of hydrogen-bond acceptors (Lipinski definition) is 1. The Morgan fingerprint density at radius 3 is 2.20 bits per heavy atom. The molecule has 0 saturated heterocycles. The molecule has 1 N–H and O–H groups in total. The van der Waals surface area contributed by atoms with Gasteiger partial charge in [-0.15, -0.1) is 13.2 Å². The highest BCUT2D eigenvalue weighted by Crippen LogP contribution is 2.32. The summed E-state index contributed by atoms with van der Waals surface area (Å²) in [6.45, 7) is 7.37. The van der Waals surface area contributed by atoms with E-state index in [1.807, 2.05) is 24.3 Å². The lowest BCUT2D eigenvalue weighted by Crippen LogP contribution is -2.25. The maximum atomic E-state index is 10.5. The minimum atomic E-state index is -0.860. The van der Waals surface area contributed by atoms with Gasteiger partial charge in [-0.3, -0.25) is 0 Å². The summed E-state index contributed by atoms with van der Waals surface area (Å²) in [4.78, 5) is 0. The maximum absolute atomic E-state index is 10.5. The Balaban J connectivity index is 3.13. The van der Waals surface area contributed by atoms with Crippen molar-refractivity contribution in [3.63, 3.8) is 0 Å². The van der Waals surface area contributed by atoms with Gasteiger partial charge in [-0.05, 0) is 47.1 Å². The van der Waals surface area contributed by atoms with Gasteiger partial charge >= 0.3 is 0 Å². The van der Waals surface area contributed by atoms with Gasteiger partial charge in [0.1, 0.15) is 0 Å². The zero-order valence-corrected chi connectivity index (χ0v) is 10.8. The van der Waals surface area contributed by atoms with Gasteiger partial charge in [-0.1, -0.05) is 30.4 Å². The molecule has 0 unspecified atom stereocenters. The van der Waals surface area contributed by atoms with Gasteiger partial charge in [0.2, 0.25) is 0 Å². The van der Waals surface area contributed by atoms with Gasteiger partial charge in [0.15, 0.2) is 0 Å². The van der Waals surface area contributed by atoms with Gasteiger partial charge in [-0.2, -0.15) is 0 Å². The SMILES string of the molecule is C=CCC(O)(CC=C)c1ccccc1I. The zero-order chi connectivity index (χ0) is 11.3. The predicted octanol–water partition coefficient (Wildman–Crippen LogP) is 3.63. The van der Waals surface area contributed by atoms with Crippen LogP contribution in [0.25, 0.3) is 0 Å². The normalized spacial score (nSPS) is 11.1. The van der Waals surface area contributed by atoms with Crippen LogP contribution in [0.1, 0.15) is 18.4 Å². The second-order valence-corrected chi connectivity index (χ2v) is 4.66. The molecule has 0 aliphatic carbocycles. The molecule has 15 heavy (non-hydrogen) atoms. The average Bonchev–Trinajstić information content (AvgIpc) is 2.19. The van der Waals surface area contributed by atoms with Gasteiger partial charge in [-0.25, -0.2) is 0 Å². The molecule has 0 spiro atoms. The van der Waals surface area contributed by atoms with E-state index in [1.165, 1.54) is 0 Å². The van der Waals surface area contributed by atoms with Crippen LogP contribution in [0, 0.1) is 3.57 Å². The number of rotatable bonds is 5. The van der Waals surface area contributed by atoms with E-state index in [0.29, 0.717) is 12.8 Å². The Morgan fingerprint density at radius 2 is 1.73 bits per heavy atom. The van der Waals surface area contributed by atoms with E-state index < -0.39 is 5.60 Å². The molecule has 1 aromatic carbocycles. The van der Waals surface area contributed by atoms with Crippen molar-refractivity contribution in [2.24, 2.45) is 0 Å². The first kappa shape index (κ1) is 12.5. The Morgan fingerprint density at radius 1 is 1.20 bits per heavy atom. The molecule has 1 rings (SSSR count). The van der Waals surface area contributed by atoms with Crippen LogP contribution in [0.2, 0.25) is 0 Å². The van der Waals surface area contributed by atoms with E-state index in [1.54, 1.807) is 12.2 Å². The highest BCUT2D eigenvalue weighted by atomic mass is 127.